The summed E-state index contributed by atoms with van der Waals surface area (Å²) in [4.78, 5) is 21.8. The molecule has 0 saturated heterocycles. The highest BCUT2D eigenvalue weighted by Crippen LogP contribution is 2.17. The zero-order valence-electron chi connectivity index (χ0n) is 13.6. The van der Waals surface area contributed by atoms with Crippen molar-refractivity contribution in [2.24, 2.45) is 0 Å². The van der Waals surface area contributed by atoms with Crippen molar-refractivity contribution in [2.75, 3.05) is 24.3 Å². The maximum Gasteiger partial charge on any atom is 0.228 e. The summed E-state index contributed by atoms with van der Waals surface area (Å²) in [6, 6.07) is 13.6. The van der Waals surface area contributed by atoms with Gasteiger partial charge in [-0.15, -0.1) is 0 Å². The molecule has 1 aromatic heterocycles. The molecule has 0 radical (unpaired) electrons. The van der Waals surface area contributed by atoms with Crippen LogP contribution in [0.15, 0.2) is 42.5 Å². The van der Waals surface area contributed by atoms with Crippen molar-refractivity contribution in [3.63, 3.8) is 0 Å². The average molecular weight is 308 g/mol. The first-order valence-electron chi connectivity index (χ1n) is 7.54. The van der Waals surface area contributed by atoms with E-state index in [0.29, 0.717) is 6.42 Å². The molecule has 0 unspecified atom stereocenters. The maximum absolute atomic E-state index is 12.2. The van der Waals surface area contributed by atoms with E-state index < -0.39 is 0 Å². The molecule has 23 heavy (non-hydrogen) atoms. The van der Waals surface area contributed by atoms with Gasteiger partial charge < -0.3 is 15.2 Å². The lowest BCUT2D eigenvalue weighted by Gasteiger charge is -2.13. The summed E-state index contributed by atoms with van der Waals surface area (Å²) in [5.41, 5.74) is 4.75. The molecule has 0 bridgehead atoms. The number of carbonyl (C=O) groups excluding carboxylic acids is 1. The highest BCUT2D eigenvalue weighted by Gasteiger charge is 2.07. The third-order valence-electron chi connectivity index (χ3n) is 3.70. The van der Waals surface area contributed by atoms with Gasteiger partial charge in [-0.2, -0.15) is 0 Å². The normalized spacial score (nSPS) is 10.7. The van der Waals surface area contributed by atoms with E-state index in [0.717, 1.165) is 33.8 Å². The van der Waals surface area contributed by atoms with Gasteiger partial charge in [0.05, 0.1) is 17.5 Å². The van der Waals surface area contributed by atoms with Gasteiger partial charge in [-0.3, -0.25) is 4.79 Å². The highest BCUT2D eigenvalue weighted by atomic mass is 16.1. The minimum atomic E-state index is -0.0295. The van der Waals surface area contributed by atoms with E-state index in [-0.39, 0.29) is 5.91 Å². The minimum absolute atomic E-state index is 0.0295. The maximum atomic E-state index is 12.2. The predicted molar refractivity (Wildman–Crippen MR) is 93.9 cm³/mol. The van der Waals surface area contributed by atoms with Crippen molar-refractivity contribution < 1.29 is 4.79 Å². The Morgan fingerprint density at radius 3 is 2.61 bits per heavy atom. The van der Waals surface area contributed by atoms with Crippen LogP contribution in [-0.4, -0.2) is 30.0 Å². The minimum Gasteiger partial charge on any atom is -0.378 e. The van der Waals surface area contributed by atoms with Crippen molar-refractivity contribution >= 4 is 28.3 Å². The summed E-state index contributed by atoms with van der Waals surface area (Å²) in [5.74, 6) is 0.848. The van der Waals surface area contributed by atoms with Crippen molar-refractivity contribution in [1.82, 2.24) is 9.97 Å². The van der Waals surface area contributed by atoms with Crippen molar-refractivity contribution in [1.29, 1.82) is 0 Å². The van der Waals surface area contributed by atoms with E-state index in [9.17, 15) is 4.79 Å². The lowest BCUT2D eigenvalue weighted by atomic mass is 10.1. The number of aromatic nitrogens is 2. The SMILES string of the molecule is Cc1nc2ccc(CC(=O)Nc3ccc(N(C)C)cc3)cc2[nH]1. The van der Waals surface area contributed by atoms with Crippen LogP contribution in [0.1, 0.15) is 11.4 Å². The van der Waals surface area contributed by atoms with Gasteiger partial charge in [0.2, 0.25) is 5.91 Å². The Morgan fingerprint density at radius 2 is 1.91 bits per heavy atom. The molecule has 2 aromatic carbocycles. The number of aromatic amines is 1. The third kappa shape index (κ3) is 3.51. The van der Waals surface area contributed by atoms with Crippen LogP contribution in [0.5, 0.6) is 0 Å². The Labute approximate surface area is 135 Å². The van der Waals surface area contributed by atoms with Crippen LogP contribution in [0.4, 0.5) is 11.4 Å². The molecule has 0 aliphatic rings. The molecule has 1 amide bonds. The molecule has 0 saturated carbocycles. The zero-order chi connectivity index (χ0) is 16.4. The summed E-state index contributed by atoms with van der Waals surface area (Å²) in [5, 5.41) is 2.93. The number of carbonyl (C=O) groups is 1. The Bertz CT molecular complexity index is 834. The van der Waals surface area contributed by atoms with Crippen LogP contribution in [0, 0.1) is 6.92 Å². The lowest BCUT2D eigenvalue weighted by Crippen LogP contribution is -2.14. The van der Waals surface area contributed by atoms with Crippen molar-refractivity contribution in [3.05, 3.63) is 53.9 Å². The Balaban J connectivity index is 1.67. The molecule has 2 N–H and O–H groups in total. The van der Waals surface area contributed by atoms with E-state index in [1.54, 1.807) is 0 Å². The molecule has 3 aromatic rings. The fourth-order valence-electron chi connectivity index (χ4n) is 2.53. The van der Waals surface area contributed by atoms with Gasteiger partial charge in [0.25, 0.3) is 0 Å². The summed E-state index contributed by atoms with van der Waals surface area (Å²) in [6.07, 6.45) is 0.337. The first-order chi connectivity index (χ1) is 11.0. The zero-order valence-corrected chi connectivity index (χ0v) is 13.6. The molecule has 5 heteroatoms. The van der Waals surface area contributed by atoms with Crippen LogP contribution in [-0.2, 0) is 11.2 Å². The van der Waals surface area contributed by atoms with Crippen LogP contribution in [0.25, 0.3) is 11.0 Å². The quantitative estimate of drug-likeness (QED) is 0.778. The molecule has 0 fully saturated rings. The number of benzene rings is 2. The van der Waals surface area contributed by atoms with Gasteiger partial charge in [0.1, 0.15) is 5.82 Å². The molecule has 118 valence electrons. The van der Waals surface area contributed by atoms with Crippen LogP contribution < -0.4 is 10.2 Å². The number of hydrogen-bond acceptors (Lipinski definition) is 3. The van der Waals surface area contributed by atoms with Gasteiger partial charge in [0, 0.05) is 25.5 Å². The van der Waals surface area contributed by atoms with Crippen molar-refractivity contribution in [2.45, 2.75) is 13.3 Å². The van der Waals surface area contributed by atoms with Crippen LogP contribution in [0.3, 0.4) is 0 Å². The first kappa shape index (κ1) is 15.1. The van der Waals surface area contributed by atoms with Gasteiger partial charge >= 0.3 is 0 Å². The summed E-state index contributed by atoms with van der Waals surface area (Å²) in [7, 11) is 3.97. The Hall–Kier alpha value is -2.82. The highest BCUT2D eigenvalue weighted by molar-refractivity contribution is 5.93. The van der Waals surface area contributed by atoms with Crippen LogP contribution in [0.2, 0.25) is 0 Å². The molecule has 3 rings (SSSR count). The molecule has 1 heterocycles. The second kappa shape index (κ2) is 6.12. The number of hydrogen-bond donors (Lipinski definition) is 2. The molecule has 0 atom stereocenters. The molecular formula is C18H20N4O. The number of amides is 1. The number of anilines is 2. The summed E-state index contributed by atoms with van der Waals surface area (Å²) < 4.78 is 0. The summed E-state index contributed by atoms with van der Waals surface area (Å²) in [6.45, 7) is 1.92. The van der Waals surface area contributed by atoms with Gasteiger partial charge in [0.15, 0.2) is 0 Å². The summed E-state index contributed by atoms with van der Waals surface area (Å²) >= 11 is 0. The predicted octanol–water partition coefficient (Wildman–Crippen LogP) is 3.12. The average Bonchev–Trinajstić information content (AvgIpc) is 2.87. The van der Waals surface area contributed by atoms with Crippen molar-refractivity contribution in [3.8, 4) is 0 Å². The van der Waals surface area contributed by atoms with Gasteiger partial charge in [-0.05, 0) is 48.9 Å². The molecule has 0 aliphatic carbocycles. The van der Waals surface area contributed by atoms with E-state index >= 15 is 0 Å². The number of aryl methyl sites for hydroxylation is 1. The fraction of sp³-hybridized carbons (Fsp3) is 0.222. The third-order valence-corrected chi connectivity index (χ3v) is 3.70. The number of rotatable bonds is 4. The molecule has 0 spiro atoms. The second-order valence-electron chi connectivity index (χ2n) is 5.84. The number of fused-ring (bicyclic) bond motifs is 1. The number of nitrogens with zero attached hydrogens (tertiary/aromatic N) is 2. The standard InChI is InChI=1S/C18H20N4O/c1-12-19-16-9-4-13(10-17(16)20-12)11-18(23)21-14-5-7-15(8-6-14)22(2)3/h4-10H,11H2,1-3H3,(H,19,20)(H,21,23). The lowest BCUT2D eigenvalue weighted by molar-refractivity contribution is -0.115. The van der Waals surface area contributed by atoms with Gasteiger partial charge in [-0.25, -0.2) is 4.98 Å². The monoisotopic (exact) mass is 308 g/mol. The van der Waals surface area contributed by atoms with E-state index in [4.69, 9.17) is 0 Å². The van der Waals surface area contributed by atoms with E-state index in [2.05, 4.69) is 15.3 Å². The molecule has 0 aliphatic heterocycles. The smallest absolute Gasteiger partial charge is 0.228 e. The Kier molecular flexibility index (Phi) is 4.02. The second-order valence-corrected chi connectivity index (χ2v) is 5.84. The largest absolute Gasteiger partial charge is 0.378 e. The topological polar surface area (TPSA) is 61.0 Å². The van der Waals surface area contributed by atoms with E-state index in [1.807, 2.05) is 68.4 Å². The molecular weight excluding hydrogens is 288 g/mol. The Morgan fingerprint density at radius 1 is 1.17 bits per heavy atom. The molecule has 5 nitrogen and oxygen atoms in total. The van der Waals surface area contributed by atoms with E-state index in [1.165, 1.54) is 0 Å². The number of H-pyrrole nitrogens is 1. The van der Waals surface area contributed by atoms with Gasteiger partial charge in [-0.1, -0.05) is 6.07 Å². The number of nitrogens with one attached hydrogen (secondary N) is 2. The number of imidazole rings is 1. The van der Waals surface area contributed by atoms with Crippen LogP contribution >= 0.6 is 0 Å². The fourth-order valence-corrected chi connectivity index (χ4v) is 2.53. The first-order valence-corrected chi connectivity index (χ1v) is 7.54.